The number of rotatable bonds is 4. The van der Waals surface area contributed by atoms with Crippen LogP contribution in [0.15, 0.2) is 17.5 Å². The Bertz CT molecular complexity index is 491. The van der Waals surface area contributed by atoms with Gasteiger partial charge in [0.05, 0.1) is 19.2 Å². The number of hydrogen-bond acceptors (Lipinski definition) is 4. The fraction of sp³-hybridized carbons (Fsp3) is 0.706. The molecule has 0 bridgehead atoms. The monoisotopic (exact) mass is 322 g/mol. The van der Waals surface area contributed by atoms with Crippen LogP contribution in [0.2, 0.25) is 0 Å². The molecule has 0 saturated carbocycles. The van der Waals surface area contributed by atoms with Gasteiger partial charge in [0.1, 0.15) is 0 Å². The van der Waals surface area contributed by atoms with Crippen LogP contribution >= 0.6 is 11.3 Å². The van der Waals surface area contributed by atoms with Crippen LogP contribution in [0, 0.1) is 0 Å². The van der Waals surface area contributed by atoms with E-state index in [9.17, 15) is 9.90 Å². The molecule has 22 heavy (non-hydrogen) atoms. The Labute approximate surface area is 136 Å². The molecule has 2 saturated heterocycles. The zero-order valence-corrected chi connectivity index (χ0v) is 14.1. The van der Waals surface area contributed by atoms with E-state index in [0.29, 0.717) is 12.6 Å². The Morgan fingerprint density at radius 1 is 1.36 bits per heavy atom. The van der Waals surface area contributed by atoms with Gasteiger partial charge in [0.15, 0.2) is 0 Å². The molecule has 1 N–H and O–H groups in total. The molecule has 4 nitrogen and oxygen atoms in total. The minimum atomic E-state index is 0.149. The topological polar surface area (TPSA) is 43.8 Å². The van der Waals surface area contributed by atoms with Crippen molar-refractivity contribution in [3.63, 3.8) is 0 Å². The molecule has 0 spiro atoms. The van der Waals surface area contributed by atoms with Crippen molar-refractivity contribution in [3.05, 3.63) is 22.4 Å². The van der Waals surface area contributed by atoms with Gasteiger partial charge in [-0.25, -0.2) is 0 Å². The summed E-state index contributed by atoms with van der Waals surface area (Å²) in [6.45, 7) is 3.66. The van der Waals surface area contributed by atoms with Crippen molar-refractivity contribution in [2.24, 2.45) is 0 Å². The Morgan fingerprint density at radius 2 is 2.23 bits per heavy atom. The van der Waals surface area contributed by atoms with Gasteiger partial charge in [0, 0.05) is 23.5 Å². The van der Waals surface area contributed by atoms with Crippen LogP contribution in [-0.4, -0.2) is 52.6 Å². The zero-order chi connectivity index (χ0) is 15.5. The predicted molar refractivity (Wildman–Crippen MR) is 88.9 cm³/mol. The van der Waals surface area contributed by atoms with Gasteiger partial charge < -0.3 is 10.0 Å². The third-order valence-corrected chi connectivity index (χ3v) is 6.14. The van der Waals surface area contributed by atoms with Gasteiger partial charge in [-0.1, -0.05) is 12.5 Å². The maximum absolute atomic E-state index is 12.8. The van der Waals surface area contributed by atoms with Crippen LogP contribution in [-0.2, 0) is 4.79 Å². The second-order valence-electron chi connectivity index (χ2n) is 6.55. The molecule has 3 rings (SSSR count). The van der Waals surface area contributed by atoms with Crippen molar-refractivity contribution >= 4 is 17.2 Å². The van der Waals surface area contributed by atoms with Crippen molar-refractivity contribution < 1.29 is 9.90 Å². The van der Waals surface area contributed by atoms with Gasteiger partial charge in [-0.2, -0.15) is 0 Å². The number of likely N-dealkylation sites (tertiary alicyclic amines) is 2. The molecule has 2 fully saturated rings. The summed E-state index contributed by atoms with van der Waals surface area (Å²) < 4.78 is 0. The first-order valence-corrected chi connectivity index (χ1v) is 9.28. The lowest BCUT2D eigenvalue weighted by molar-refractivity contribution is -0.135. The standard InChI is InChI=1S/C17H26N2O2S/c1-13-5-2-6-14(12-20)19(13)11-17(21)18-9-3-7-15(18)16-8-4-10-22-16/h4,8,10,13-15,20H,2-3,5-7,9,11-12H2,1H3. The van der Waals surface area contributed by atoms with Gasteiger partial charge in [-0.15, -0.1) is 11.3 Å². The average molecular weight is 322 g/mol. The summed E-state index contributed by atoms with van der Waals surface area (Å²) in [6.07, 6.45) is 5.44. The summed E-state index contributed by atoms with van der Waals surface area (Å²) in [5.74, 6) is 0.225. The van der Waals surface area contributed by atoms with E-state index >= 15 is 0 Å². The van der Waals surface area contributed by atoms with Crippen molar-refractivity contribution in [1.29, 1.82) is 0 Å². The molecule has 5 heteroatoms. The molecule has 3 unspecified atom stereocenters. The summed E-state index contributed by atoms with van der Waals surface area (Å²) in [5, 5.41) is 11.7. The number of aliphatic hydroxyl groups excluding tert-OH is 1. The van der Waals surface area contributed by atoms with E-state index in [0.717, 1.165) is 38.6 Å². The molecular weight excluding hydrogens is 296 g/mol. The van der Waals surface area contributed by atoms with E-state index in [4.69, 9.17) is 0 Å². The molecule has 3 heterocycles. The number of piperidine rings is 1. The van der Waals surface area contributed by atoms with E-state index in [1.165, 1.54) is 4.88 Å². The third-order valence-electron chi connectivity index (χ3n) is 5.17. The maximum Gasteiger partial charge on any atom is 0.237 e. The van der Waals surface area contributed by atoms with Crippen LogP contribution in [0.25, 0.3) is 0 Å². The lowest BCUT2D eigenvalue weighted by atomic mass is 9.97. The van der Waals surface area contributed by atoms with E-state index in [1.54, 1.807) is 11.3 Å². The van der Waals surface area contributed by atoms with Gasteiger partial charge in [-0.05, 0) is 44.1 Å². The van der Waals surface area contributed by atoms with Crippen LogP contribution in [0.3, 0.4) is 0 Å². The molecule has 2 aliphatic rings. The first kappa shape index (κ1) is 16.0. The lowest BCUT2D eigenvalue weighted by Gasteiger charge is -2.40. The summed E-state index contributed by atoms with van der Waals surface area (Å²) >= 11 is 1.75. The molecule has 0 radical (unpaired) electrons. The SMILES string of the molecule is CC1CCCC(CO)N1CC(=O)N1CCCC1c1cccs1. The molecule has 1 amide bonds. The van der Waals surface area contributed by atoms with E-state index in [-0.39, 0.29) is 24.6 Å². The highest BCUT2D eigenvalue weighted by atomic mass is 32.1. The second kappa shape index (κ2) is 7.11. The first-order valence-electron chi connectivity index (χ1n) is 8.40. The van der Waals surface area contributed by atoms with Crippen LogP contribution < -0.4 is 0 Å². The van der Waals surface area contributed by atoms with Crippen molar-refractivity contribution in [1.82, 2.24) is 9.80 Å². The lowest BCUT2D eigenvalue weighted by Crippen LogP contribution is -2.51. The maximum atomic E-state index is 12.8. The molecule has 1 aromatic rings. The summed E-state index contributed by atoms with van der Waals surface area (Å²) in [5.41, 5.74) is 0. The molecule has 122 valence electrons. The normalized spacial score (nSPS) is 29.9. The Balaban J connectivity index is 1.67. The van der Waals surface area contributed by atoms with Gasteiger partial charge in [-0.3, -0.25) is 9.69 Å². The Morgan fingerprint density at radius 3 is 2.95 bits per heavy atom. The van der Waals surface area contributed by atoms with Crippen LogP contribution in [0.4, 0.5) is 0 Å². The number of carbonyl (C=O) groups is 1. The van der Waals surface area contributed by atoms with E-state index in [1.807, 2.05) is 0 Å². The minimum absolute atomic E-state index is 0.149. The van der Waals surface area contributed by atoms with E-state index in [2.05, 4.69) is 34.2 Å². The highest BCUT2D eigenvalue weighted by Crippen LogP contribution is 2.35. The van der Waals surface area contributed by atoms with Crippen LogP contribution in [0.1, 0.15) is 49.9 Å². The quantitative estimate of drug-likeness (QED) is 0.927. The Kier molecular flexibility index (Phi) is 5.16. The third kappa shape index (κ3) is 3.21. The van der Waals surface area contributed by atoms with Gasteiger partial charge in [0.2, 0.25) is 5.91 Å². The summed E-state index contributed by atoms with van der Waals surface area (Å²) in [4.78, 5) is 18.4. The second-order valence-corrected chi connectivity index (χ2v) is 7.53. The fourth-order valence-corrected chi connectivity index (χ4v) is 4.78. The van der Waals surface area contributed by atoms with Crippen molar-refractivity contribution in [2.75, 3.05) is 19.7 Å². The zero-order valence-electron chi connectivity index (χ0n) is 13.3. The highest BCUT2D eigenvalue weighted by molar-refractivity contribution is 7.10. The van der Waals surface area contributed by atoms with Gasteiger partial charge in [0.25, 0.3) is 0 Å². The number of amides is 1. The first-order chi connectivity index (χ1) is 10.7. The number of nitrogens with zero attached hydrogens (tertiary/aromatic N) is 2. The highest BCUT2D eigenvalue weighted by Gasteiger charge is 2.34. The summed E-state index contributed by atoms with van der Waals surface area (Å²) in [7, 11) is 0. The predicted octanol–water partition coefficient (Wildman–Crippen LogP) is 2.65. The summed E-state index contributed by atoms with van der Waals surface area (Å²) in [6, 6.07) is 5.00. The number of thiophene rings is 1. The molecule has 0 aromatic carbocycles. The number of aliphatic hydroxyl groups is 1. The number of hydrogen-bond donors (Lipinski definition) is 1. The van der Waals surface area contributed by atoms with Gasteiger partial charge >= 0.3 is 0 Å². The van der Waals surface area contributed by atoms with E-state index < -0.39 is 0 Å². The molecule has 1 aromatic heterocycles. The average Bonchev–Trinajstić information content (AvgIpc) is 3.19. The van der Waals surface area contributed by atoms with Crippen LogP contribution in [0.5, 0.6) is 0 Å². The molecular formula is C17H26N2O2S. The smallest absolute Gasteiger partial charge is 0.237 e. The largest absolute Gasteiger partial charge is 0.395 e. The van der Waals surface area contributed by atoms with Crippen molar-refractivity contribution in [2.45, 2.75) is 57.2 Å². The molecule has 2 aliphatic heterocycles. The van der Waals surface area contributed by atoms with Crippen molar-refractivity contribution in [3.8, 4) is 0 Å². The fourth-order valence-electron chi connectivity index (χ4n) is 3.91. The number of carbonyl (C=O) groups excluding carboxylic acids is 1. The minimum Gasteiger partial charge on any atom is -0.395 e. The molecule has 3 atom stereocenters. The molecule has 0 aliphatic carbocycles. The Hall–Kier alpha value is -0.910.